The summed E-state index contributed by atoms with van der Waals surface area (Å²) < 4.78 is 0. The molecule has 2 N–H and O–H groups in total. The fourth-order valence-corrected chi connectivity index (χ4v) is 4.41. The van der Waals surface area contributed by atoms with E-state index >= 15 is 0 Å². The van der Waals surface area contributed by atoms with E-state index in [0.717, 1.165) is 47.9 Å². The lowest BCUT2D eigenvalue weighted by Gasteiger charge is -2.07. The lowest BCUT2D eigenvalue weighted by Crippen LogP contribution is -2.02. The van der Waals surface area contributed by atoms with E-state index in [9.17, 15) is 19.8 Å². The highest BCUT2D eigenvalue weighted by Crippen LogP contribution is 2.24. The Balaban J connectivity index is 1.43. The Bertz CT molecular complexity index is 1350. The summed E-state index contributed by atoms with van der Waals surface area (Å²) in [5, 5.41) is 20.0. The molecule has 4 nitrogen and oxygen atoms in total. The van der Waals surface area contributed by atoms with Crippen LogP contribution in [0.1, 0.15) is 80.8 Å². The smallest absolute Gasteiger partial charge is 0.193 e. The van der Waals surface area contributed by atoms with E-state index < -0.39 is 0 Å². The maximum absolute atomic E-state index is 12.9. The maximum atomic E-state index is 12.9. The van der Waals surface area contributed by atoms with Crippen LogP contribution in [0.2, 0.25) is 0 Å². The van der Waals surface area contributed by atoms with Crippen LogP contribution in [0.4, 0.5) is 0 Å². The van der Waals surface area contributed by atoms with Crippen molar-refractivity contribution in [3.8, 4) is 11.5 Å². The van der Waals surface area contributed by atoms with Gasteiger partial charge in [-0.15, -0.1) is 0 Å². The summed E-state index contributed by atoms with van der Waals surface area (Å²) in [4.78, 5) is 25.8. The van der Waals surface area contributed by atoms with E-state index in [1.807, 2.05) is 50.3 Å². The highest BCUT2D eigenvalue weighted by atomic mass is 16.3. The quantitative estimate of drug-likeness (QED) is 0.172. The number of hydrogen-bond donors (Lipinski definition) is 2. The van der Waals surface area contributed by atoms with Gasteiger partial charge in [-0.25, -0.2) is 0 Å². The SMILES string of the molecule is CCCc1cc(C(=O)c2ccc(/C=C/c3ccc(C(=O)c4ccc(O)c(CCC)c4)cc3)cc2)ccc1O. The number of carbonyl (C=O) groups excluding carboxylic acids is 2. The Morgan fingerprint density at radius 3 is 1.24 bits per heavy atom. The lowest BCUT2D eigenvalue weighted by atomic mass is 9.98. The van der Waals surface area contributed by atoms with Crippen molar-refractivity contribution in [2.45, 2.75) is 39.5 Å². The lowest BCUT2D eigenvalue weighted by molar-refractivity contribution is 0.103. The van der Waals surface area contributed by atoms with Gasteiger partial charge in [0.2, 0.25) is 0 Å². The first-order valence-electron chi connectivity index (χ1n) is 13.0. The molecule has 0 saturated carbocycles. The molecule has 192 valence electrons. The number of ketones is 2. The number of phenols is 2. The van der Waals surface area contributed by atoms with Gasteiger partial charge in [0.1, 0.15) is 11.5 Å². The van der Waals surface area contributed by atoms with Crippen molar-refractivity contribution in [1.29, 1.82) is 0 Å². The topological polar surface area (TPSA) is 74.6 Å². The molecule has 4 aromatic rings. The number of phenolic OH excluding ortho intramolecular Hbond substituents is 2. The van der Waals surface area contributed by atoms with E-state index in [4.69, 9.17) is 0 Å². The summed E-state index contributed by atoms with van der Waals surface area (Å²) in [6, 6.07) is 24.8. The van der Waals surface area contributed by atoms with Gasteiger partial charge in [-0.05, 0) is 71.5 Å². The average molecular weight is 505 g/mol. The number of benzene rings is 4. The second-order valence-corrected chi connectivity index (χ2v) is 9.42. The molecule has 38 heavy (non-hydrogen) atoms. The molecule has 0 saturated heterocycles. The summed E-state index contributed by atoms with van der Waals surface area (Å²) in [5.41, 5.74) is 5.79. The maximum Gasteiger partial charge on any atom is 0.193 e. The zero-order valence-corrected chi connectivity index (χ0v) is 21.8. The van der Waals surface area contributed by atoms with Crippen molar-refractivity contribution in [3.05, 3.63) is 129 Å². The van der Waals surface area contributed by atoms with Crippen molar-refractivity contribution in [1.82, 2.24) is 0 Å². The van der Waals surface area contributed by atoms with Gasteiger partial charge >= 0.3 is 0 Å². The van der Waals surface area contributed by atoms with Crippen LogP contribution >= 0.6 is 0 Å². The third kappa shape index (κ3) is 6.27. The minimum absolute atomic E-state index is 0.0754. The van der Waals surface area contributed by atoms with Crippen LogP contribution in [-0.2, 0) is 12.8 Å². The largest absolute Gasteiger partial charge is 0.508 e. The second kappa shape index (κ2) is 12.2. The van der Waals surface area contributed by atoms with Gasteiger partial charge in [0, 0.05) is 22.3 Å². The summed E-state index contributed by atoms with van der Waals surface area (Å²) in [6.07, 6.45) is 7.15. The molecular formula is C34H32O4. The summed E-state index contributed by atoms with van der Waals surface area (Å²) in [7, 11) is 0. The van der Waals surface area contributed by atoms with Gasteiger partial charge in [0.25, 0.3) is 0 Å². The molecule has 0 unspecified atom stereocenters. The number of hydrogen-bond acceptors (Lipinski definition) is 4. The van der Waals surface area contributed by atoms with Crippen molar-refractivity contribution in [3.63, 3.8) is 0 Å². The third-order valence-electron chi connectivity index (χ3n) is 6.54. The molecule has 0 bridgehead atoms. The fraction of sp³-hybridized carbons (Fsp3) is 0.176. The number of aryl methyl sites for hydroxylation is 2. The first-order valence-corrected chi connectivity index (χ1v) is 13.0. The molecule has 0 atom stereocenters. The zero-order chi connectivity index (χ0) is 27.1. The molecule has 0 radical (unpaired) electrons. The fourth-order valence-electron chi connectivity index (χ4n) is 4.41. The second-order valence-electron chi connectivity index (χ2n) is 9.42. The molecule has 0 amide bonds. The molecule has 0 fully saturated rings. The zero-order valence-electron chi connectivity index (χ0n) is 21.8. The van der Waals surface area contributed by atoms with Crippen molar-refractivity contribution >= 4 is 23.7 Å². The van der Waals surface area contributed by atoms with Crippen LogP contribution in [-0.4, -0.2) is 21.8 Å². The van der Waals surface area contributed by atoms with Crippen LogP contribution in [0.3, 0.4) is 0 Å². The van der Waals surface area contributed by atoms with Gasteiger partial charge in [0.15, 0.2) is 11.6 Å². The van der Waals surface area contributed by atoms with Crippen LogP contribution in [0.15, 0.2) is 84.9 Å². The Hall–Kier alpha value is -4.44. The van der Waals surface area contributed by atoms with E-state index in [1.54, 1.807) is 60.7 Å². The van der Waals surface area contributed by atoms with Crippen LogP contribution in [0.5, 0.6) is 11.5 Å². The molecule has 4 rings (SSSR count). The Morgan fingerprint density at radius 2 is 0.895 bits per heavy atom. The number of rotatable bonds is 10. The van der Waals surface area contributed by atoms with E-state index in [1.165, 1.54) is 0 Å². The van der Waals surface area contributed by atoms with E-state index in [0.29, 0.717) is 22.3 Å². The van der Waals surface area contributed by atoms with Gasteiger partial charge in [-0.1, -0.05) is 87.4 Å². The minimum Gasteiger partial charge on any atom is -0.508 e. The molecule has 0 aliphatic heterocycles. The van der Waals surface area contributed by atoms with Gasteiger partial charge in [0.05, 0.1) is 0 Å². The van der Waals surface area contributed by atoms with Crippen LogP contribution in [0, 0.1) is 0 Å². The molecular weight excluding hydrogens is 472 g/mol. The van der Waals surface area contributed by atoms with Crippen molar-refractivity contribution in [2.24, 2.45) is 0 Å². The van der Waals surface area contributed by atoms with Crippen LogP contribution in [0.25, 0.3) is 12.2 Å². The molecule has 0 spiro atoms. The molecule has 0 aliphatic rings. The summed E-state index contributed by atoms with van der Waals surface area (Å²) in [6.45, 7) is 4.07. The first-order chi connectivity index (χ1) is 18.4. The first kappa shape index (κ1) is 26.6. The van der Waals surface area contributed by atoms with E-state index in [-0.39, 0.29) is 23.1 Å². The van der Waals surface area contributed by atoms with Crippen molar-refractivity contribution in [2.75, 3.05) is 0 Å². The van der Waals surface area contributed by atoms with Crippen molar-refractivity contribution < 1.29 is 19.8 Å². The third-order valence-corrected chi connectivity index (χ3v) is 6.54. The highest BCUT2D eigenvalue weighted by molar-refractivity contribution is 6.10. The predicted molar refractivity (Wildman–Crippen MR) is 153 cm³/mol. The standard InChI is InChI=1S/C34H32O4/c1-3-5-27-21-29(17-19-31(27)35)33(37)25-13-9-23(10-14-25)7-8-24-11-15-26(16-12-24)34(38)30-18-20-32(36)28(22-30)6-4-2/h7-22,35-36H,3-6H2,1-2H3/b8-7+. The van der Waals surface area contributed by atoms with E-state index in [2.05, 4.69) is 0 Å². The predicted octanol–water partition coefficient (Wildman–Crippen LogP) is 7.64. The average Bonchev–Trinajstić information content (AvgIpc) is 2.94. The molecule has 4 heteroatoms. The Kier molecular flexibility index (Phi) is 8.55. The summed E-state index contributed by atoms with van der Waals surface area (Å²) >= 11 is 0. The van der Waals surface area contributed by atoms with Gasteiger partial charge < -0.3 is 10.2 Å². The Morgan fingerprint density at radius 1 is 0.553 bits per heavy atom. The summed E-state index contributed by atoms with van der Waals surface area (Å²) in [5.74, 6) is 0.299. The van der Waals surface area contributed by atoms with Gasteiger partial charge in [-0.2, -0.15) is 0 Å². The molecule has 0 aromatic heterocycles. The molecule has 4 aromatic carbocycles. The normalized spacial score (nSPS) is 11.1. The highest BCUT2D eigenvalue weighted by Gasteiger charge is 2.13. The minimum atomic E-state index is -0.0754. The number of carbonyl (C=O) groups is 2. The van der Waals surface area contributed by atoms with Gasteiger partial charge in [-0.3, -0.25) is 9.59 Å². The number of aromatic hydroxyl groups is 2. The molecule has 0 heterocycles. The molecule has 0 aliphatic carbocycles. The monoisotopic (exact) mass is 504 g/mol. The van der Waals surface area contributed by atoms with Crippen LogP contribution < -0.4 is 0 Å². The Labute approximate surface area is 223 Å².